The molecule has 0 spiro atoms. The summed E-state index contributed by atoms with van der Waals surface area (Å²) in [6.07, 6.45) is 0.982. The van der Waals surface area contributed by atoms with Gasteiger partial charge in [0, 0.05) is 26.3 Å². The first-order valence-electron chi connectivity index (χ1n) is 5.90. The van der Waals surface area contributed by atoms with E-state index in [4.69, 9.17) is 4.74 Å². The second-order valence-corrected chi connectivity index (χ2v) is 3.62. The summed E-state index contributed by atoms with van der Waals surface area (Å²) in [5.74, 6) is 0.348. The average Bonchev–Trinajstić information content (AvgIpc) is 2.31. The third-order valence-corrected chi connectivity index (χ3v) is 2.52. The van der Waals surface area contributed by atoms with Crippen molar-refractivity contribution in [3.05, 3.63) is 24.3 Å². The van der Waals surface area contributed by atoms with Gasteiger partial charge in [-0.05, 0) is 32.4 Å². The summed E-state index contributed by atoms with van der Waals surface area (Å²) in [6, 6.07) is 7.45. The zero-order valence-corrected chi connectivity index (χ0v) is 10.1. The molecule has 1 aromatic carbocycles. The predicted octanol–water partition coefficient (Wildman–Crippen LogP) is 2.65. The lowest BCUT2D eigenvalue weighted by Gasteiger charge is -2.23. The molecule has 90 valence electrons. The number of aromatic hydroxyl groups is 1. The lowest BCUT2D eigenvalue weighted by atomic mass is 10.2. The van der Waals surface area contributed by atoms with E-state index in [0.29, 0.717) is 5.75 Å². The van der Waals surface area contributed by atoms with Gasteiger partial charge in [0.1, 0.15) is 5.75 Å². The van der Waals surface area contributed by atoms with Crippen LogP contribution < -0.4 is 4.90 Å². The van der Waals surface area contributed by atoms with Crippen LogP contribution in [0.4, 0.5) is 5.69 Å². The van der Waals surface area contributed by atoms with Gasteiger partial charge in [-0.15, -0.1) is 0 Å². The van der Waals surface area contributed by atoms with Crippen molar-refractivity contribution in [1.82, 2.24) is 0 Å². The molecule has 0 atom stereocenters. The largest absolute Gasteiger partial charge is 0.506 e. The van der Waals surface area contributed by atoms with Crippen LogP contribution in [0.15, 0.2) is 24.3 Å². The Morgan fingerprint density at radius 3 is 2.62 bits per heavy atom. The van der Waals surface area contributed by atoms with Gasteiger partial charge in [-0.25, -0.2) is 0 Å². The average molecular weight is 223 g/mol. The van der Waals surface area contributed by atoms with Crippen molar-refractivity contribution in [2.45, 2.75) is 20.3 Å². The van der Waals surface area contributed by atoms with Crippen molar-refractivity contribution in [2.75, 3.05) is 31.2 Å². The highest BCUT2D eigenvalue weighted by Gasteiger charge is 2.07. The number of hydrogen-bond donors (Lipinski definition) is 1. The van der Waals surface area contributed by atoms with Crippen molar-refractivity contribution in [3.8, 4) is 5.75 Å². The maximum Gasteiger partial charge on any atom is 0.138 e. The van der Waals surface area contributed by atoms with Gasteiger partial charge in [-0.1, -0.05) is 12.1 Å². The van der Waals surface area contributed by atoms with Crippen molar-refractivity contribution in [3.63, 3.8) is 0 Å². The molecule has 0 aliphatic rings. The molecule has 1 aromatic rings. The van der Waals surface area contributed by atoms with Crippen LogP contribution in [0.5, 0.6) is 5.75 Å². The number of ether oxygens (including phenoxy) is 1. The smallest absolute Gasteiger partial charge is 0.138 e. The van der Waals surface area contributed by atoms with Gasteiger partial charge in [-0.3, -0.25) is 0 Å². The number of hydrogen-bond acceptors (Lipinski definition) is 3. The number of para-hydroxylation sites is 2. The Morgan fingerprint density at radius 2 is 2.00 bits per heavy atom. The predicted molar refractivity (Wildman–Crippen MR) is 67.1 cm³/mol. The molecule has 0 saturated heterocycles. The number of rotatable bonds is 7. The highest BCUT2D eigenvalue weighted by atomic mass is 16.5. The highest BCUT2D eigenvalue weighted by Crippen LogP contribution is 2.26. The number of phenols is 1. The van der Waals surface area contributed by atoms with E-state index in [2.05, 4.69) is 11.8 Å². The summed E-state index contributed by atoms with van der Waals surface area (Å²) in [5, 5.41) is 9.74. The van der Waals surface area contributed by atoms with Crippen LogP contribution in [0.2, 0.25) is 0 Å². The number of nitrogens with zero attached hydrogens (tertiary/aromatic N) is 1. The van der Waals surface area contributed by atoms with Gasteiger partial charge in [-0.2, -0.15) is 0 Å². The van der Waals surface area contributed by atoms with E-state index >= 15 is 0 Å². The summed E-state index contributed by atoms with van der Waals surface area (Å²) >= 11 is 0. The van der Waals surface area contributed by atoms with Crippen LogP contribution in [0.1, 0.15) is 20.3 Å². The minimum atomic E-state index is 0.348. The van der Waals surface area contributed by atoms with Crippen molar-refractivity contribution < 1.29 is 9.84 Å². The Kier molecular flexibility index (Phi) is 5.72. The molecular weight excluding hydrogens is 202 g/mol. The SMILES string of the molecule is CCOCCCN(CC)c1ccccc1O. The first-order chi connectivity index (χ1) is 7.79. The van der Waals surface area contributed by atoms with Crippen molar-refractivity contribution >= 4 is 5.69 Å². The van der Waals surface area contributed by atoms with Gasteiger partial charge in [0.25, 0.3) is 0 Å². The molecule has 0 aromatic heterocycles. The van der Waals surface area contributed by atoms with Gasteiger partial charge in [0.05, 0.1) is 5.69 Å². The topological polar surface area (TPSA) is 32.7 Å². The van der Waals surface area contributed by atoms with Crippen LogP contribution in [-0.4, -0.2) is 31.4 Å². The molecule has 0 aliphatic heterocycles. The van der Waals surface area contributed by atoms with Crippen LogP contribution in [0.3, 0.4) is 0 Å². The minimum Gasteiger partial charge on any atom is -0.506 e. The Hall–Kier alpha value is -1.22. The normalized spacial score (nSPS) is 10.4. The molecule has 0 bridgehead atoms. The summed E-state index contributed by atoms with van der Waals surface area (Å²) in [6.45, 7) is 7.44. The quantitative estimate of drug-likeness (QED) is 0.721. The molecule has 0 saturated carbocycles. The van der Waals surface area contributed by atoms with Crippen LogP contribution in [-0.2, 0) is 4.74 Å². The van der Waals surface area contributed by atoms with Gasteiger partial charge >= 0.3 is 0 Å². The summed E-state index contributed by atoms with van der Waals surface area (Å²) in [7, 11) is 0. The standard InChI is InChI=1S/C13H21NO2/c1-3-14(10-7-11-16-4-2)12-8-5-6-9-13(12)15/h5-6,8-9,15H,3-4,7,10-11H2,1-2H3. The minimum absolute atomic E-state index is 0.348. The molecule has 3 heteroatoms. The first kappa shape index (κ1) is 12.8. The van der Waals surface area contributed by atoms with Crippen molar-refractivity contribution in [1.29, 1.82) is 0 Å². The second-order valence-electron chi connectivity index (χ2n) is 3.62. The number of benzene rings is 1. The van der Waals surface area contributed by atoms with Gasteiger partial charge in [0.2, 0.25) is 0 Å². The fraction of sp³-hybridized carbons (Fsp3) is 0.538. The zero-order chi connectivity index (χ0) is 11.8. The van der Waals surface area contributed by atoms with E-state index in [9.17, 15) is 5.11 Å². The van der Waals surface area contributed by atoms with E-state index in [-0.39, 0.29) is 0 Å². The van der Waals surface area contributed by atoms with E-state index in [0.717, 1.165) is 38.4 Å². The zero-order valence-electron chi connectivity index (χ0n) is 10.1. The molecule has 1 rings (SSSR count). The Bertz CT molecular complexity index is 302. The summed E-state index contributed by atoms with van der Waals surface area (Å²) in [5.41, 5.74) is 0.904. The lowest BCUT2D eigenvalue weighted by Crippen LogP contribution is -2.24. The van der Waals surface area contributed by atoms with E-state index in [1.54, 1.807) is 6.07 Å². The fourth-order valence-electron chi connectivity index (χ4n) is 1.68. The van der Waals surface area contributed by atoms with Gasteiger partial charge < -0.3 is 14.7 Å². The second kappa shape index (κ2) is 7.12. The molecule has 1 N–H and O–H groups in total. The van der Waals surface area contributed by atoms with E-state index in [1.807, 2.05) is 25.1 Å². The first-order valence-corrected chi connectivity index (χ1v) is 5.90. The molecule has 0 radical (unpaired) electrons. The molecule has 3 nitrogen and oxygen atoms in total. The Morgan fingerprint density at radius 1 is 1.25 bits per heavy atom. The third kappa shape index (κ3) is 3.74. The highest BCUT2D eigenvalue weighted by molar-refractivity contribution is 5.57. The number of anilines is 1. The molecule has 16 heavy (non-hydrogen) atoms. The molecule has 0 aliphatic carbocycles. The molecule has 0 amide bonds. The number of phenolic OH excluding ortho intramolecular Hbond substituents is 1. The van der Waals surface area contributed by atoms with E-state index < -0.39 is 0 Å². The van der Waals surface area contributed by atoms with E-state index in [1.165, 1.54) is 0 Å². The molecule has 0 unspecified atom stereocenters. The fourth-order valence-corrected chi connectivity index (χ4v) is 1.68. The lowest BCUT2D eigenvalue weighted by molar-refractivity contribution is 0.146. The molecular formula is C13H21NO2. The van der Waals surface area contributed by atoms with Crippen molar-refractivity contribution in [2.24, 2.45) is 0 Å². The van der Waals surface area contributed by atoms with Gasteiger partial charge in [0.15, 0.2) is 0 Å². The molecule has 0 heterocycles. The maximum absolute atomic E-state index is 9.74. The van der Waals surface area contributed by atoms with Crippen LogP contribution in [0, 0.1) is 0 Å². The monoisotopic (exact) mass is 223 g/mol. The third-order valence-electron chi connectivity index (χ3n) is 2.52. The van der Waals surface area contributed by atoms with Crippen LogP contribution in [0.25, 0.3) is 0 Å². The summed E-state index contributed by atoms with van der Waals surface area (Å²) < 4.78 is 5.31. The van der Waals surface area contributed by atoms with Crippen LogP contribution >= 0.6 is 0 Å². The molecule has 0 fully saturated rings. The maximum atomic E-state index is 9.74. The summed E-state index contributed by atoms with van der Waals surface area (Å²) in [4.78, 5) is 2.16. The Balaban J connectivity index is 2.51. The Labute approximate surface area is 97.7 Å².